The lowest BCUT2D eigenvalue weighted by molar-refractivity contribution is 0.411. The molecule has 0 radical (unpaired) electrons. The van der Waals surface area contributed by atoms with Gasteiger partial charge in [-0.05, 0) is 49.7 Å². The van der Waals surface area contributed by atoms with Gasteiger partial charge in [0.25, 0.3) is 0 Å². The van der Waals surface area contributed by atoms with Crippen LogP contribution in [0.1, 0.15) is 50.6 Å². The molecule has 0 spiro atoms. The van der Waals surface area contributed by atoms with Gasteiger partial charge in [0.15, 0.2) is 5.11 Å². The molecule has 4 heteroatoms. The highest BCUT2D eigenvalue weighted by Gasteiger charge is 2.15. The van der Waals surface area contributed by atoms with E-state index in [0.29, 0.717) is 6.04 Å². The van der Waals surface area contributed by atoms with Crippen LogP contribution < -0.4 is 10.6 Å². The lowest BCUT2D eigenvalue weighted by atomic mass is 9.96. The van der Waals surface area contributed by atoms with Crippen LogP contribution in [0.15, 0.2) is 24.3 Å². The summed E-state index contributed by atoms with van der Waals surface area (Å²) < 4.78 is 0. The average molecular weight is 297 g/mol. The summed E-state index contributed by atoms with van der Waals surface area (Å²) in [4.78, 5) is 0. The molecule has 0 aliphatic heterocycles. The van der Waals surface area contributed by atoms with Crippen molar-refractivity contribution in [3.63, 3.8) is 0 Å². The molecule has 2 N–H and O–H groups in total. The van der Waals surface area contributed by atoms with E-state index in [4.69, 9.17) is 23.8 Å². The lowest BCUT2D eigenvalue weighted by Crippen LogP contribution is -2.43. The molecule has 2 rings (SSSR count). The second-order valence-corrected chi connectivity index (χ2v) is 6.07. The maximum absolute atomic E-state index is 5.89. The normalized spacial score (nSPS) is 17.8. The van der Waals surface area contributed by atoms with E-state index in [2.05, 4.69) is 17.6 Å². The van der Waals surface area contributed by atoms with Gasteiger partial charge in [0.2, 0.25) is 0 Å². The largest absolute Gasteiger partial charge is 0.360 e. The third-order valence-corrected chi connectivity index (χ3v) is 4.15. The molecule has 1 aromatic rings. The van der Waals surface area contributed by atoms with Crippen molar-refractivity contribution in [1.29, 1.82) is 0 Å². The van der Waals surface area contributed by atoms with E-state index < -0.39 is 0 Å². The topological polar surface area (TPSA) is 24.1 Å². The second-order valence-electron chi connectivity index (χ2n) is 5.23. The van der Waals surface area contributed by atoms with Gasteiger partial charge in [-0.15, -0.1) is 0 Å². The number of thiocarbonyl (C=S) groups is 1. The quantitative estimate of drug-likeness (QED) is 0.818. The monoisotopic (exact) mass is 296 g/mol. The van der Waals surface area contributed by atoms with Crippen LogP contribution in [0.25, 0.3) is 0 Å². The molecule has 1 atom stereocenters. The lowest BCUT2D eigenvalue weighted by Gasteiger charge is -2.26. The summed E-state index contributed by atoms with van der Waals surface area (Å²) in [7, 11) is 0. The first-order valence-electron chi connectivity index (χ1n) is 6.97. The van der Waals surface area contributed by atoms with Gasteiger partial charge in [-0.3, -0.25) is 0 Å². The zero-order valence-electron chi connectivity index (χ0n) is 11.3. The van der Waals surface area contributed by atoms with E-state index in [0.717, 1.165) is 10.1 Å². The molecular formula is C15H21ClN2S. The Bertz CT molecular complexity index is 413. The van der Waals surface area contributed by atoms with Gasteiger partial charge in [0, 0.05) is 11.1 Å². The summed E-state index contributed by atoms with van der Waals surface area (Å²) in [5.41, 5.74) is 1.19. The minimum atomic E-state index is 0.195. The Balaban J connectivity index is 1.82. The summed E-state index contributed by atoms with van der Waals surface area (Å²) in [6.07, 6.45) is 6.45. The fraction of sp³-hybridized carbons (Fsp3) is 0.533. The zero-order chi connectivity index (χ0) is 13.7. The third kappa shape index (κ3) is 4.66. The Hall–Kier alpha value is -0.800. The highest BCUT2D eigenvalue weighted by atomic mass is 35.5. The molecule has 0 saturated heterocycles. The first-order valence-corrected chi connectivity index (χ1v) is 7.76. The molecular weight excluding hydrogens is 276 g/mol. The van der Waals surface area contributed by atoms with Crippen LogP contribution in [0.4, 0.5) is 0 Å². The summed E-state index contributed by atoms with van der Waals surface area (Å²) in [6, 6.07) is 8.62. The third-order valence-electron chi connectivity index (χ3n) is 3.66. The van der Waals surface area contributed by atoms with Gasteiger partial charge >= 0.3 is 0 Å². The SMILES string of the molecule is CC(NC(=S)NC1CCCCC1)c1ccc(Cl)cc1. The predicted octanol–water partition coefficient (Wildman–Crippen LogP) is 4.20. The summed E-state index contributed by atoms with van der Waals surface area (Å²) in [6.45, 7) is 2.11. The first-order chi connectivity index (χ1) is 9.15. The van der Waals surface area contributed by atoms with Crippen LogP contribution in [-0.4, -0.2) is 11.2 Å². The smallest absolute Gasteiger partial charge is 0.166 e. The Morgan fingerprint density at radius 1 is 1.21 bits per heavy atom. The Kier molecular flexibility index (Phi) is 5.46. The van der Waals surface area contributed by atoms with Gasteiger partial charge in [-0.2, -0.15) is 0 Å². The van der Waals surface area contributed by atoms with Gasteiger partial charge in [-0.1, -0.05) is 43.0 Å². The van der Waals surface area contributed by atoms with Crippen LogP contribution >= 0.6 is 23.8 Å². The Morgan fingerprint density at radius 3 is 2.47 bits per heavy atom. The number of hydrogen-bond donors (Lipinski definition) is 2. The summed E-state index contributed by atoms with van der Waals surface area (Å²) in [5, 5.41) is 8.29. The molecule has 19 heavy (non-hydrogen) atoms. The Labute approximate surface area is 125 Å². The van der Waals surface area contributed by atoms with Crippen LogP contribution in [-0.2, 0) is 0 Å². The minimum Gasteiger partial charge on any atom is -0.360 e. The highest BCUT2D eigenvalue weighted by molar-refractivity contribution is 7.80. The molecule has 0 bridgehead atoms. The molecule has 1 aromatic carbocycles. The van der Waals surface area contributed by atoms with Crippen molar-refractivity contribution >= 4 is 28.9 Å². The summed E-state index contributed by atoms with van der Waals surface area (Å²) >= 11 is 11.3. The van der Waals surface area contributed by atoms with E-state index in [1.807, 2.05) is 24.3 Å². The van der Waals surface area contributed by atoms with Crippen LogP contribution in [0.3, 0.4) is 0 Å². The molecule has 2 nitrogen and oxygen atoms in total. The standard InChI is InChI=1S/C15H21ClN2S/c1-11(12-7-9-13(16)10-8-12)17-15(19)18-14-5-3-2-4-6-14/h7-11,14H,2-6H2,1H3,(H2,17,18,19). The number of nitrogens with one attached hydrogen (secondary N) is 2. The van der Waals surface area contributed by atoms with E-state index in [-0.39, 0.29) is 6.04 Å². The molecule has 1 aliphatic rings. The number of halogens is 1. The predicted molar refractivity (Wildman–Crippen MR) is 85.6 cm³/mol. The van der Waals surface area contributed by atoms with Gasteiger partial charge in [0.05, 0.1) is 6.04 Å². The molecule has 1 fully saturated rings. The van der Waals surface area contributed by atoms with Crippen molar-refractivity contribution in [3.05, 3.63) is 34.9 Å². The first kappa shape index (κ1) is 14.6. The fourth-order valence-corrected chi connectivity index (χ4v) is 2.97. The highest BCUT2D eigenvalue weighted by Crippen LogP contribution is 2.18. The van der Waals surface area contributed by atoms with Crippen molar-refractivity contribution in [2.24, 2.45) is 0 Å². The molecule has 104 valence electrons. The Morgan fingerprint density at radius 2 is 1.84 bits per heavy atom. The molecule has 0 heterocycles. The zero-order valence-corrected chi connectivity index (χ0v) is 12.9. The van der Waals surface area contributed by atoms with Crippen molar-refractivity contribution in [1.82, 2.24) is 10.6 Å². The van der Waals surface area contributed by atoms with Gasteiger partial charge < -0.3 is 10.6 Å². The maximum Gasteiger partial charge on any atom is 0.166 e. The second kappa shape index (κ2) is 7.11. The molecule has 1 unspecified atom stereocenters. The van der Waals surface area contributed by atoms with Crippen molar-refractivity contribution in [3.8, 4) is 0 Å². The van der Waals surface area contributed by atoms with E-state index >= 15 is 0 Å². The van der Waals surface area contributed by atoms with Gasteiger partial charge in [-0.25, -0.2) is 0 Å². The maximum atomic E-state index is 5.89. The van der Waals surface area contributed by atoms with Gasteiger partial charge in [0.1, 0.15) is 0 Å². The van der Waals surface area contributed by atoms with Crippen molar-refractivity contribution in [2.75, 3.05) is 0 Å². The van der Waals surface area contributed by atoms with Crippen molar-refractivity contribution < 1.29 is 0 Å². The molecule has 1 saturated carbocycles. The van der Waals surface area contributed by atoms with E-state index in [9.17, 15) is 0 Å². The van der Waals surface area contributed by atoms with Crippen LogP contribution in [0.2, 0.25) is 5.02 Å². The van der Waals surface area contributed by atoms with Crippen LogP contribution in [0.5, 0.6) is 0 Å². The molecule has 0 aromatic heterocycles. The number of benzene rings is 1. The fourth-order valence-electron chi connectivity index (χ4n) is 2.51. The molecule has 0 amide bonds. The van der Waals surface area contributed by atoms with E-state index in [1.54, 1.807) is 0 Å². The summed E-state index contributed by atoms with van der Waals surface area (Å²) in [5.74, 6) is 0. The average Bonchev–Trinajstić information content (AvgIpc) is 2.40. The minimum absolute atomic E-state index is 0.195. The number of rotatable bonds is 3. The number of hydrogen-bond acceptors (Lipinski definition) is 1. The van der Waals surface area contributed by atoms with Crippen molar-refractivity contribution in [2.45, 2.75) is 51.1 Å². The van der Waals surface area contributed by atoms with Crippen LogP contribution in [0, 0.1) is 0 Å². The molecule has 1 aliphatic carbocycles. The van der Waals surface area contributed by atoms with E-state index in [1.165, 1.54) is 37.7 Å².